The molecule has 4 amide bonds. The summed E-state index contributed by atoms with van der Waals surface area (Å²) >= 11 is 8.09. The first-order valence-electron chi connectivity index (χ1n) is 25.2. The van der Waals surface area contributed by atoms with E-state index in [0.717, 1.165) is 22.2 Å². The summed E-state index contributed by atoms with van der Waals surface area (Å²) in [6, 6.07) is 11.5. The number of fused-ring (bicyclic) bond motifs is 1. The van der Waals surface area contributed by atoms with E-state index in [0.29, 0.717) is 54.8 Å². The van der Waals surface area contributed by atoms with Crippen LogP contribution in [0.25, 0.3) is 32.5 Å². The maximum absolute atomic E-state index is 16.6. The summed E-state index contributed by atoms with van der Waals surface area (Å²) in [4.78, 5) is 74.3. The van der Waals surface area contributed by atoms with Crippen molar-refractivity contribution in [3.05, 3.63) is 106 Å². The van der Waals surface area contributed by atoms with E-state index in [9.17, 15) is 29.4 Å². The molecule has 6 aromatic rings. The van der Waals surface area contributed by atoms with Crippen LogP contribution in [0.15, 0.2) is 71.2 Å². The normalized spacial score (nSPS) is 16.0. The lowest BCUT2D eigenvalue weighted by Gasteiger charge is -2.35. The highest BCUT2D eigenvalue weighted by atomic mass is 35.5. The molecule has 8 rings (SSSR count). The molecule has 2 saturated heterocycles. The highest BCUT2D eigenvalue weighted by Crippen LogP contribution is 2.43. The van der Waals surface area contributed by atoms with Gasteiger partial charge in [0, 0.05) is 94.8 Å². The van der Waals surface area contributed by atoms with Crippen molar-refractivity contribution in [3.63, 3.8) is 0 Å². The SMILES string of the molecule is C=CC(=O)N1CCN(c2nc(NCCC(=O)N(C)CCOCCOc3cc(-c4scnc4C)ccc3CNC(=O)[C@@H]3C[C@@H](O)CN3C(=O)[C@@H](c3cc(C)no3)C(C)C)nc3c(F)c(-c4c(O)cccc4F)c(Cl)cc23)CC1. The lowest BCUT2D eigenvalue weighted by molar-refractivity contribution is -0.141. The van der Waals surface area contributed by atoms with Gasteiger partial charge >= 0.3 is 0 Å². The molecule has 3 aromatic heterocycles. The number of aliphatic hydroxyl groups is 1. The van der Waals surface area contributed by atoms with Gasteiger partial charge < -0.3 is 54.4 Å². The molecule has 2 aliphatic rings. The zero-order valence-corrected chi connectivity index (χ0v) is 44.9. The highest BCUT2D eigenvalue weighted by Gasteiger charge is 2.43. The fourth-order valence-electron chi connectivity index (χ4n) is 9.47. The molecule has 4 N–H and O–H groups in total. The number of aromatic nitrogens is 4. The van der Waals surface area contributed by atoms with Crippen molar-refractivity contribution >= 4 is 69.2 Å². The first-order valence-corrected chi connectivity index (χ1v) is 26.4. The number of benzene rings is 3. The number of likely N-dealkylation sites (N-methyl/N-ethyl adjacent to an activating group) is 1. The van der Waals surface area contributed by atoms with Crippen LogP contribution < -0.4 is 20.3 Å². The van der Waals surface area contributed by atoms with Gasteiger partial charge in [-0.05, 0) is 55.7 Å². The molecule has 408 valence electrons. The second-order valence-corrected chi connectivity index (χ2v) is 20.5. The third-order valence-electron chi connectivity index (χ3n) is 13.6. The summed E-state index contributed by atoms with van der Waals surface area (Å²) in [5, 5.41) is 31.2. The van der Waals surface area contributed by atoms with Crippen molar-refractivity contribution in [2.75, 3.05) is 82.9 Å². The molecule has 0 bridgehead atoms. The molecule has 19 nitrogen and oxygen atoms in total. The summed E-state index contributed by atoms with van der Waals surface area (Å²) in [7, 11) is 1.64. The largest absolute Gasteiger partial charge is 0.507 e. The molecule has 0 unspecified atom stereocenters. The minimum absolute atomic E-state index is 0.00152. The smallest absolute Gasteiger partial charge is 0.246 e. The van der Waals surface area contributed by atoms with Crippen LogP contribution in [0.4, 0.5) is 20.5 Å². The zero-order valence-electron chi connectivity index (χ0n) is 43.4. The van der Waals surface area contributed by atoms with E-state index >= 15 is 8.78 Å². The van der Waals surface area contributed by atoms with Gasteiger partial charge in [0.25, 0.3) is 0 Å². The number of piperazine rings is 1. The number of phenolic OH excluding ortho intramolecular Hbond substituents is 1. The lowest BCUT2D eigenvalue weighted by atomic mass is 9.91. The van der Waals surface area contributed by atoms with E-state index in [1.807, 2.05) is 43.9 Å². The number of aryl methyl sites for hydroxylation is 2. The minimum atomic E-state index is -0.982. The van der Waals surface area contributed by atoms with Crippen molar-refractivity contribution < 1.29 is 52.2 Å². The molecule has 2 fully saturated rings. The van der Waals surface area contributed by atoms with Crippen molar-refractivity contribution in [1.82, 2.24) is 40.1 Å². The Morgan fingerprint density at radius 2 is 1.82 bits per heavy atom. The molecular formula is C54H61ClF2N10O9S. The Hall–Kier alpha value is -7.27. The van der Waals surface area contributed by atoms with Gasteiger partial charge in [0.05, 0.1) is 51.7 Å². The Labute approximate surface area is 452 Å². The third kappa shape index (κ3) is 12.8. The number of likely N-dealkylation sites (tertiary alicyclic amines) is 1. The van der Waals surface area contributed by atoms with E-state index in [1.54, 1.807) is 30.4 Å². The lowest BCUT2D eigenvalue weighted by Crippen LogP contribution is -2.48. The predicted octanol–water partition coefficient (Wildman–Crippen LogP) is 6.87. The first kappa shape index (κ1) is 55.9. The third-order valence-corrected chi connectivity index (χ3v) is 14.8. The van der Waals surface area contributed by atoms with Gasteiger partial charge in [-0.1, -0.05) is 55.4 Å². The van der Waals surface area contributed by atoms with E-state index in [1.165, 1.54) is 45.4 Å². The monoisotopic (exact) mass is 1100 g/mol. The number of hydrogen-bond donors (Lipinski definition) is 4. The van der Waals surface area contributed by atoms with E-state index < -0.39 is 46.9 Å². The molecule has 5 heterocycles. The molecular weight excluding hydrogens is 1040 g/mol. The Morgan fingerprint density at radius 1 is 1.04 bits per heavy atom. The number of ether oxygens (including phenoxy) is 2. The molecule has 77 heavy (non-hydrogen) atoms. The van der Waals surface area contributed by atoms with Crippen molar-refractivity contribution in [2.24, 2.45) is 5.92 Å². The van der Waals surface area contributed by atoms with Crippen LogP contribution in [0.1, 0.15) is 55.3 Å². The Kier molecular flexibility index (Phi) is 18.0. The average molecular weight is 1100 g/mol. The summed E-state index contributed by atoms with van der Waals surface area (Å²) in [6.07, 6.45) is 0.439. The number of carbonyl (C=O) groups is 4. The topological polar surface area (TPSA) is 229 Å². The number of thiazole rings is 1. The summed E-state index contributed by atoms with van der Waals surface area (Å²) in [5.41, 5.74) is 3.80. The second kappa shape index (κ2) is 24.8. The number of amides is 4. The van der Waals surface area contributed by atoms with Crippen LogP contribution in [0, 0.1) is 31.4 Å². The number of hydrogen-bond acceptors (Lipinski definition) is 16. The van der Waals surface area contributed by atoms with Gasteiger partial charge in [-0.15, -0.1) is 11.3 Å². The van der Waals surface area contributed by atoms with Gasteiger partial charge in [0.15, 0.2) is 5.82 Å². The zero-order chi connectivity index (χ0) is 55.1. The minimum Gasteiger partial charge on any atom is -0.507 e. The Morgan fingerprint density at radius 3 is 2.51 bits per heavy atom. The second-order valence-electron chi connectivity index (χ2n) is 19.2. The van der Waals surface area contributed by atoms with Crippen LogP contribution in [0.2, 0.25) is 5.02 Å². The van der Waals surface area contributed by atoms with E-state index in [4.69, 9.17) is 30.6 Å². The van der Waals surface area contributed by atoms with Gasteiger partial charge in [0.2, 0.25) is 29.6 Å². The predicted molar refractivity (Wildman–Crippen MR) is 287 cm³/mol. The summed E-state index contributed by atoms with van der Waals surface area (Å²) in [6.45, 7) is 13.2. The fraction of sp³-hybridized carbons (Fsp3) is 0.407. The summed E-state index contributed by atoms with van der Waals surface area (Å²) < 4.78 is 49.3. The molecule has 0 radical (unpaired) electrons. The molecule has 0 aliphatic carbocycles. The van der Waals surface area contributed by atoms with Gasteiger partial charge in [0.1, 0.15) is 53.0 Å². The van der Waals surface area contributed by atoms with Crippen molar-refractivity contribution in [1.29, 1.82) is 0 Å². The average Bonchev–Trinajstić information content (AvgIpc) is 4.21. The number of aromatic hydroxyl groups is 1. The number of phenols is 1. The summed E-state index contributed by atoms with van der Waals surface area (Å²) in [5.74, 6) is -3.23. The number of nitrogens with one attached hydrogen (secondary N) is 2. The first-order chi connectivity index (χ1) is 36.9. The molecule has 23 heteroatoms. The molecule has 3 atom stereocenters. The van der Waals surface area contributed by atoms with E-state index in [-0.39, 0.29) is 110 Å². The molecule has 0 saturated carbocycles. The van der Waals surface area contributed by atoms with Crippen LogP contribution in [0.5, 0.6) is 11.5 Å². The van der Waals surface area contributed by atoms with Crippen LogP contribution in [0.3, 0.4) is 0 Å². The van der Waals surface area contributed by atoms with Gasteiger partial charge in [-0.25, -0.2) is 18.7 Å². The number of anilines is 2. The Bertz CT molecular complexity index is 3130. The van der Waals surface area contributed by atoms with E-state index in [2.05, 4.69) is 32.3 Å². The Balaban J connectivity index is 0.865. The maximum atomic E-state index is 16.6. The fourth-order valence-corrected chi connectivity index (χ4v) is 10.6. The molecule has 2 aliphatic heterocycles. The number of carbonyl (C=O) groups excluding carboxylic acids is 4. The maximum Gasteiger partial charge on any atom is 0.246 e. The number of rotatable bonds is 21. The molecule has 3 aromatic carbocycles. The van der Waals surface area contributed by atoms with Crippen LogP contribution in [-0.4, -0.2) is 153 Å². The van der Waals surface area contributed by atoms with Crippen LogP contribution in [-0.2, 0) is 30.5 Å². The van der Waals surface area contributed by atoms with Crippen molar-refractivity contribution in [2.45, 2.75) is 65.1 Å². The van der Waals surface area contributed by atoms with Crippen molar-refractivity contribution in [3.8, 4) is 33.1 Å². The standard InChI is InChI=1S/C54H61ClF2N10O9S/c1-7-43(70)65-15-17-66(18-16-65)51-36-26-37(55)46(47-38(56)9-8-10-40(47)69)48(57)49(36)61-54(62-51)58-14-13-44(71)64(6)19-20-74-21-22-75-41-24-33(50-32(5)60-29-77-50)11-12-34(41)27-59-52(72)39-25-35(68)28-67(39)53(73)45(30(2)3)42-23-31(4)63-76-42/h7-12,23-24,26,29-30,35,39,45,68-69H,1,13-22,25,27-28H2,2-6H3,(H,59,72)(H,58,61,62)/t35-,39+,45-/m1/s1. The molecule has 0 spiro atoms. The van der Waals surface area contributed by atoms with Gasteiger partial charge in [-0.3, -0.25) is 19.2 Å². The number of aliphatic hydroxyl groups excluding tert-OH is 1. The van der Waals surface area contributed by atoms with Crippen LogP contribution >= 0.6 is 22.9 Å². The number of nitrogens with zero attached hydrogens (tertiary/aromatic N) is 8. The number of β-amino-alcohol motifs (C(OH)–C–C–N with tert-alkyl or cyclic N) is 1. The number of halogens is 3. The quantitative estimate of drug-likeness (QED) is 0.0426. The highest BCUT2D eigenvalue weighted by molar-refractivity contribution is 7.13. The van der Waals surface area contributed by atoms with Gasteiger partial charge in [-0.2, -0.15) is 4.98 Å².